The Morgan fingerprint density at radius 3 is 2.46 bits per heavy atom. The van der Waals surface area contributed by atoms with E-state index in [0.717, 1.165) is 48.3 Å². The number of rotatable bonds is 6. The largest absolute Gasteiger partial charge is 0.336 e. The zero-order valence-corrected chi connectivity index (χ0v) is 17.1. The summed E-state index contributed by atoms with van der Waals surface area (Å²) in [4.78, 5) is 17.5. The standard InChI is InChI=1S/C20H27N3OS2/c1-3-26-20(15-21,25-2)23-13-11-22(12-14-23)19(24)18-10-6-8-16-7-4-5-9-17(16)18/h4-10H,3,11-15,21H2,1-2H3. The molecule has 1 saturated heterocycles. The van der Waals surface area contributed by atoms with Gasteiger partial charge < -0.3 is 10.6 Å². The van der Waals surface area contributed by atoms with E-state index in [1.54, 1.807) is 0 Å². The first-order valence-electron chi connectivity index (χ1n) is 9.06. The van der Waals surface area contributed by atoms with E-state index in [1.165, 1.54) is 0 Å². The summed E-state index contributed by atoms with van der Waals surface area (Å²) in [6, 6.07) is 14.1. The highest BCUT2D eigenvalue weighted by Gasteiger charge is 2.37. The number of hydrogen-bond acceptors (Lipinski definition) is 5. The predicted octanol–water partition coefficient (Wildman–Crippen LogP) is 3.33. The molecule has 0 radical (unpaired) electrons. The van der Waals surface area contributed by atoms with Crippen LogP contribution < -0.4 is 5.73 Å². The second kappa shape index (κ2) is 8.65. The number of thioether (sulfide) groups is 2. The van der Waals surface area contributed by atoms with Gasteiger partial charge in [0.1, 0.15) is 4.20 Å². The first-order valence-corrected chi connectivity index (χ1v) is 11.3. The topological polar surface area (TPSA) is 49.6 Å². The van der Waals surface area contributed by atoms with Crippen LogP contribution in [0.15, 0.2) is 42.5 Å². The lowest BCUT2D eigenvalue weighted by Crippen LogP contribution is -2.58. The Hall–Kier alpha value is -1.21. The van der Waals surface area contributed by atoms with E-state index in [1.807, 2.05) is 58.8 Å². The lowest BCUT2D eigenvalue weighted by Gasteiger charge is -2.45. The summed E-state index contributed by atoms with van der Waals surface area (Å²) in [5, 5.41) is 2.14. The molecule has 0 aromatic heterocycles. The molecule has 1 heterocycles. The van der Waals surface area contributed by atoms with Gasteiger partial charge in [0.2, 0.25) is 0 Å². The summed E-state index contributed by atoms with van der Waals surface area (Å²) in [6.07, 6.45) is 2.13. The molecule has 2 aromatic rings. The second-order valence-corrected chi connectivity index (χ2v) is 9.24. The first kappa shape index (κ1) is 19.5. The molecule has 0 aliphatic carbocycles. The van der Waals surface area contributed by atoms with E-state index in [9.17, 15) is 4.79 Å². The van der Waals surface area contributed by atoms with Crippen LogP contribution in [-0.2, 0) is 0 Å². The van der Waals surface area contributed by atoms with E-state index >= 15 is 0 Å². The van der Waals surface area contributed by atoms with Crippen molar-refractivity contribution >= 4 is 40.2 Å². The summed E-state index contributed by atoms with van der Waals surface area (Å²) < 4.78 is -0.0800. The van der Waals surface area contributed by atoms with E-state index in [4.69, 9.17) is 5.73 Å². The number of carbonyl (C=O) groups is 1. The van der Waals surface area contributed by atoms with Gasteiger partial charge in [-0.25, -0.2) is 0 Å². The zero-order valence-electron chi connectivity index (χ0n) is 15.5. The molecule has 140 valence electrons. The molecule has 1 amide bonds. The summed E-state index contributed by atoms with van der Waals surface area (Å²) in [5.41, 5.74) is 6.92. The van der Waals surface area contributed by atoms with Crippen molar-refractivity contribution in [2.45, 2.75) is 11.1 Å². The lowest BCUT2D eigenvalue weighted by atomic mass is 10.0. The number of carbonyl (C=O) groups excluding carboxylic acids is 1. The van der Waals surface area contributed by atoms with Crippen LogP contribution in [-0.4, -0.2) is 64.6 Å². The second-order valence-electron chi connectivity index (χ2n) is 6.36. The molecule has 1 fully saturated rings. The molecule has 0 spiro atoms. The van der Waals surface area contributed by atoms with Crippen LogP contribution in [0, 0.1) is 0 Å². The normalized spacial score (nSPS) is 18.0. The molecule has 2 aromatic carbocycles. The summed E-state index contributed by atoms with van der Waals surface area (Å²) in [7, 11) is 0. The zero-order chi connectivity index (χ0) is 18.6. The molecule has 1 atom stereocenters. The van der Waals surface area contributed by atoms with Gasteiger partial charge in [-0.05, 0) is 28.8 Å². The Balaban J connectivity index is 1.74. The molecule has 3 rings (SSSR count). The Morgan fingerprint density at radius 2 is 1.81 bits per heavy atom. The van der Waals surface area contributed by atoms with Crippen LogP contribution in [0.1, 0.15) is 17.3 Å². The van der Waals surface area contributed by atoms with Crippen LogP contribution in [0.5, 0.6) is 0 Å². The van der Waals surface area contributed by atoms with Gasteiger partial charge in [-0.1, -0.05) is 43.3 Å². The molecule has 2 N–H and O–H groups in total. The fraction of sp³-hybridized carbons (Fsp3) is 0.450. The quantitative estimate of drug-likeness (QED) is 0.768. The molecule has 26 heavy (non-hydrogen) atoms. The number of amides is 1. The van der Waals surface area contributed by atoms with Crippen LogP contribution in [0.2, 0.25) is 0 Å². The molecule has 4 nitrogen and oxygen atoms in total. The van der Waals surface area contributed by atoms with Crippen molar-refractivity contribution in [3.63, 3.8) is 0 Å². The molecule has 1 aliphatic rings. The van der Waals surface area contributed by atoms with Gasteiger partial charge in [-0.2, -0.15) is 0 Å². The molecule has 6 heteroatoms. The third-order valence-corrected chi connectivity index (χ3v) is 8.10. The van der Waals surface area contributed by atoms with Crippen molar-refractivity contribution in [3.8, 4) is 0 Å². The van der Waals surface area contributed by atoms with Crippen molar-refractivity contribution in [3.05, 3.63) is 48.0 Å². The minimum absolute atomic E-state index is 0.0800. The van der Waals surface area contributed by atoms with Gasteiger partial charge in [0.25, 0.3) is 5.91 Å². The third kappa shape index (κ3) is 3.74. The number of nitrogens with zero attached hydrogens (tertiary/aromatic N) is 2. The monoisotopic (exact) mass is 389 g/mol. The number of hydrogen-bond donors (Lipinski definition) is 1. The smallest absolute Gasteiger partial charge is 0.254 e. The molecular formula is C20H27N3OS2. The molecular weight excluding hydrogens is 362 g/mol. The minimum atomic E-state index is -0.0800. The summed E-state index contributed by atoms with van der Waals surface area (Å²) in [5.74, 6) is 1.17. The molecule has 0 bridgehead atoms. The number of fused-ring (bicyclic) bond motifs is 1. The van der Waals surface area contributed by atoms with Crippen molar-refractivity contribution in [1.82, 2.24) is 9.80 Å². The Labute approximate surface area is 164 Å². The van der Waals surface area contributed by atoms with Crippen LogP contribution in [0.3, 0.4) is 0 Å². The van der Waals surface area contributed by atoms with Gasteiger partial charge in [-0.3, -0.25) is 9.69 Å². The van der Waals surface area contributed by atoms with Crippen molar-refractivity contribution in [1.29, 1.82) is 0 Å². The van der Waals surface area contributed by atoms with Gasteiger partial charge in [0.05, 0.1) is 0 Å². The van der Waals surface area contributed by atoms with Crippen LogP contribution in [0.25, 0.3) is 10.8 Å². The lowest BCUT2D eigenvalue weighted by molar-refractivity contribution is 0.0612. The number of piperazine rings is 1. The fourth-order valence-electron chi connectivity index (χ4n) is 3.61. The van der Waals surface area contributed by atoms with E-state index in [2.05, 4.69) is 30.2 Å². The molecule has 1 aliphatic heterocycles. The van der Waals surface area contributed by atoms with Gasteiger partial charge in [-0.15, -0.1) is 23.5 Å². The maximum Gasteiger partial charge on any atom is 0.254 e. The Kier molecular flexibility index (Phi) is 6.51. The SMILES string of the molecule is CCSC(CN)(SC)N1CCN(C(=O)c2cccc3ccccc23)CC1. The van der Waals surface area contributed by atoms with Crippen molar-refractivity contribution < 1.29 is 4.79 Å². The van der Waals surface area contributed by atoms with Gasteiger partial charge >= 0.3 is 0 Å². The highest BCUT2D eigenvalue weighted by molar-refractivity contribution is 8.17. The van der Waals surface area contributed by atoms with Crippen molar-refractivity contribution in [2.75, 3.05) is 44.7 Å². The molecule has 0 saturated carbocycles. The summed E-state index contributed by atoms with van der Waals surface area (Å²) >= 11 is 3.72. The van der Waals surface area contributed by atoms with E-state index < -0.39 is 0 Å². The van der Waals surface area contributed by atoms with Crippen LogP contribution >= 0.6 is 23.5 Å². The number of benzene rings is 2. The Morgan fingerprint density at radius 1 is 1.12 bits per heavy atom. The first-order chi connectivity index (χ1) is 12.6. The van der Waals surface area contributed by atoms with Crippen molar-refractivity contribution in [2.24, 2.45) is 5.73 Å². The molecule has 1 unspecified atom stereocenters. The predicted molar refractivity (Wildman–Crippen MR) is 115 cm³/mol. The average molecular weight is 390 g/mol. The van der Waals surface area contributed by atoms with E-state index in [-0.39, 0.29) is 10.1 Å². The number of nitrogens with two attached hydrogens (primary N) is 1. The Bertz CT molecular complexity index is 750. The van der Waals surface area contributed by atoms with Crippen LogP contribution in [0.4, 0.5) is 0 Å². The maximum atomic E-state index is 13.1. The minimum Gasteiger partial charge on any atom is -0.336 e. The van der Waals surface area contributed by atoms with E-state index in [0.29, 0.717) is 6.54 Å². The highest BCUT2D eigenvalue weighted by Crippen LogP contribution is 2.38. The highest BCUT2D eigenvalue weighted by atomic mass is 32.2. The summed E-state index contributed by atoms with van der Waals surface area (Å²) in [6.45, 7) is 6.00. The average Bonchev–Trinajstić information content (AvgIpc) is 2.71. The fourth-order valence-corrected chi connectivity index (χ4v) is 5.98. The van der Waals surface area contributed by atoms with Gasteiger partial charge in [0, 0.05) is 38.3 Å². The third-order valence-electron chi connectivity index (χ3n) is 5.02. The maximum absolute atomic E-state index is 13.1. The van der Waals surface area contributed by atoms with Gasteiger partial charge in [0.15, 0.2) is 0 Å².